The van der Waals surface area contributed by atoms with Crippen molar-refractivity contribution in [3.8, 4) is 0 Å². The van der Waals surface area contributed by atoms with Crippen LogP contribution in [0.3, 0.4) is 0 Å². The molecule has 0 unspecified atom stereocenters. The first-order valence-corrected chi connectivity index (χ1v) is 11.0. The molecule has 0 spiro atoms. The molecule has 3 rings (SSSR count). The van der Waals surface area contributed by atoms with Gasteiger partial charge in [-0.15, -0.1) is 0 Å². The summed E-state index contributed by atoms with van der Waals surface area (Å²) in [5.74, 6) is -0.889. The van der Waals surface area contributed by atoms with Crippen LogP contribution < -0.4 is 5.32 Å². The fourth-order valence-electron chi connectivity index (χ4n) is 3.40. The Kier molecular flexibility index (Phi) is 6.36. The summed E-state index contributed by atoms with van der Waals surface area (Å²) in [5, 5.41) is 2.96. The van der Waals surface area contributed by atoms with E-state index in [-0.39, 0.29) is 23.9 Å². The van der Waals surface area contributed by atoms with Gasteiger partial charge in [0.15, 0.2) is 0 Å². The Morgan fingerprint density at radius 1 is 1.07 bits per heavy atom. The van der Waals surface area contributed by atoms with Gasteiger partial charge in [0.2, 0.25) is 15.9 Å². The molecular formula is C21H26FN3O3S. The quantitative estimate of drug-likeness (QED) is 0.809. The van der Waals surface area contributed by atoms with E-state index in [1.807, 2.05) is 43.9 Å². The Labute approximate surface area is 171 Å². The van der Waals surface area contributed by atoms with Crippen LogP contribution in [-0.4, -0.2) is 55.8 Å². The fraction of sp³-hybridized carbons (Fsp3) is 0.381. The van der Waals surface area contributed by atoms with E-state index in [9.17, 15) is 17.6 Å². The van der Waals surface area contributed by atoms with Gasteiger partial charge in [-0.1, -0.05) is 24.3 Å². The molecule has 0 aliphatic carbocycles. The van der Waals surface area contributed by atoms with E-state index in [4.69, 9.17) is 0 Å². The monoisotopic (exact) mass is 419 g/mol. The Morgan fingerprint density at radius 3 is 2.38 bits per heavy atom. The van der Waals surface area contributed by atoms with E-state index in [2.05, 4.69) is 5.32 Å². The van der Waals surface area contributed by atoms with Crippen LogP contribution in [0, 0.1) is 19.7 Å². The molecule has 0 radical (unpaired) electrons. The molecule has 0 aromatic heterocycles. The summed E-state index contributed by atoms with van der Waals surface area (Å²) in [6.45, 7) is 6.92. The number of piperazine rings is 1. The van der Waals surface area contributed by atoms with E-state index < -0.39 is 21.9 Å². The number of hydrogen-bond donors (Lipinski definition) is 1. The topological polar surface area (TPSA) is 69.7 Å². The van der Waals surface area contributed by atoms with Crippen molar-refractivity contribution in [1.29, 1.82) is 0 Å². The third-order valence-corrected chi connectivity index (χ3v) is 7.24. The Hall–Kier alpha value is -2.29. The first-order chi connectivity index (χ1) is 13.7. The van der Waals surface area contributed by atoms with Crippen molar-refractivity contribution in [3.63, 3.8) is 0 Å². The lowest BCUT2D eigenvalue weighted by molar-refractivity contribution is -0.121. The largest absolute Gasteiger partial charge is 0.324 e. The van der Waals surface area contributed by atoms with E-state index in [1.165, 1.54) is 22.5 Å². The average Bonchev–Trinajstić information content (AvgIpc) is 2.70. The molecule has 6 nitrogen and oxygen atoms in total. The molecule has 1 amide bonds. The standard InChI is InChI=1S/C21H26FN3O3S/c1-15-8-9-16(2)19(14-15)23-21(26)17(3)24-10-12-25(13-11-24)29(27,28)20-7-5-4-6-18(20)22/h4-9,14,17H,10-13H2,1-3H3,(H,23,26)/t17-/m1/s1. The molecule has 0 saturated carbocycles. The number of anilines is 1. The summed E-state index contributed by atoms with van der Waals surface area (Å²) < 4.78 is 40.7. The molecule has 156 valence electrons. The first-order valence-electron chi connectivity index (χ1n) is 9.57. The van der Waals surface area contributed by atoms with Crippen molar-refractivity contribution >= 4 is 21.6 Å². The van der Waals surface area contributed by atoms with Crippen molar-refractivity contribution in [3.05, 3.63) is 59.4 Å². The summed E-state index contributed by atoms with van der Waals surface area (Å²) in [4.78, 5) is 14.3. The lowest BCUT2D eigenvalue weighted by atomic mass is 10.1. The summed E-state index contributed by atoms with van der Waals surface area (Å²) in [7, 11) is -3.89. The number of carbonyl (C=O) groups is 1. The summed E-state index contributed by atoms with van der Waals surface area (Å²) in [6, 6.07) is 10.9. The number of hydrogen-bond acceptors (Lipinski definition) is 4. The van der Waals surface area contributed by atoms with E-state index >= 15 is 0 Å². The first kappa shape index (κ1) is 21.4. The zero-order valence-electron chi connectivity index (χ0n) is 16.9. The smallest absolute Gasteiger partial charge is 0.246 e. The molecule has 2 aromatic carbocycles. The number of nitrogens with zero attached hydrogens (tertiary/aromatic N) is 2. The lowest BCUT2D eigenvalue weighted by Gasteiger charge is -2.36. The number of carbonyl (C=O) groups excluding carboxylic acids is 1. The van der Waals surface area contributed by atoms with Crippen molar-refractivity contribution in [2.45, 2.75) is 31.7 Å². The van der Waals surface area contributed by atoms with Gasteiger partial charge in [0, 0.05) is 31.9 Å². The number of amides is 1. The second kappa shape index (κ2) is 8.61. The SMILES string of the molecule is Cc1ccc(C)c(NC(=O)[C@@H](C)N2CCN(S(=O)(=O)c3ccccc3F)CC2)c1. The number of halogens is 1. The average molecular weight is 420 g/mol. The van der Waals surface area contributed by atoms with Crippen molar-refractivity contribution in [2.75, 3.05) is 31.5 Å². The number of sulfonamides is 1. The molecule has 2 aromatic rings. The van der Waals surface area contributed by atoms with Crippen LogP contribution in [0.5, 0.6) is 0 Å². The Bertz CT molecular complexity index is 1000. The molecule has 29 heavy (non-hydrogen) atoms. The van der Waals surface area contributed by atoms with Gasteiger partial charge in [-0.3, -0.25) is 9.69 Å². The minimum Gasteiger partial charge on any atom is -0.324 e. The summed E-state index contributed by atoms with van der Waals surface area (Å²) in [5.41, 5.74) is 2.82. The van der Waals surface area contributed by atoms with Crippen LogP contribution >= 0.6 is 0 Å². The summed E-state index contributed by atoms with van der Waals surface area (Å²) >= 11 is 0. The second-order valence-corrected chi connectivity index (χ2v) is 9.26. The van der Waals surface area contributed by atoms with E-state index in [0.29, 0.717) is 13.1 Å². The third-order valence-electron chi connectivity index (χ3n) is 5.31. The van der Waals surface area contributed by atoms with Gasteiger partial charge in [-0.05, 0) is 50.1 Å². The van der Waals surface area contributed by atoms with Crippen LogP contribution in [0.25, 0.3) is 0 Å². The van der Waals surface area contributed by atoms with Gasteiger partial charge in [-0.2, -0.15) is 4.31 Å². The van der Waals surface area contributed by atoms with Gasteiger partial charge in [-0.25, -0.2) is 12.8 Å². The number of benzene rings is 2. The Morgan fingerprint density at radius 2 is 1.72 bits per heavy atom. The minimum atomic E-state index is -3.89. The van der Waals surface area contributed by atoms with E-state index in [1.54, 1.807) is 0 Å². The van der Waals surface area contributed by atoms with Crippen LogP contribution in [0.4, 0.5) is 10.1 Å². The number of aryl methyl sites for hydroxylation is 2. The van der Waals surface area contributed by atoms with Crippen molar-refractivity contribution in [1.82, 2.24) is 9.21 Å². The predicted molar refractivity (Wildman–Crippen MR) is 111 cm³/mol. The van der Waals surface area contributed by atoms with Crippen LogP contribution in [-0.2, 0) is 14.8 Å². The molecule has 1 heterocycles. The molecule has 1 N–H and O–H groups in total. The van der Waals surface area contributed by atoms with Gasteiger partial charge >= 0.3 is 0 Å². The third kappa shape index (κ3) is 4.66. The highest BCUT2D eigenvalue weighted by atomic mass is 32.2. The van der Waals surface area contributed by atoms with Gasteiger partial charge in [0.1, 0.15) is 10.7 Å². The molecule has 1 fully saturated rings. The molecule has 1 aliphatic heterocycles. The minimum absolute atomic E-state index is 0.135. The second-order valence-electron chi connectivity index (χ2n) is 7.35. The number of rotatable bonds is 5. The zero-order valence-corrected chi connectivity index (χ0v) is 17.7. The number of nitrogens with one attached hydrogen (secondary N) is 1. The fourth-order valence-corrected chi connectivity index (χ4v) is 4.88. The van der Waals surface area contributed by atoms with Crippen molar-refractivity contribution in [2.24, 2.45) is 0 Å². The van der Waals surface area contributed by atoms with E-state index in [0.717, 1.165) is 22.9 Å². The van der Waals surface area contributed by atoms with Gasteiger partial charge in [0.25, 0.3) is 0 Å². The van der Waals surface area contributed by atoms with Crippen molar-refractivity contribution < 1.29 is 17.6 Å². The maximum atomic E-state index is 13.9. The molecule has 1 atom stereocenters. The van der Waals surface area contributed by atoms with Crippen LogP contribution in [0.2, 0.25) is 0 Å². The predicted octanol–water partition coefficient (Wildman–Crippen LogP) is 2.78. The molecule has 1 aliphatic rings. The summed E-state index contributed by atoms with van der Waals surface area (Å²) in [6.07, 6.45) is 0. The Balaban J connectivity index is 1.63. The highest BCUT2D eigenvalue weighted by molar-refractivity contribution is 7.89. The van der Waals surface area contributed by atoms with Gasteiger partial charge in [0.05, 0.1) is 6.04 Å². The zero-order chi connectivity index (χ0) is 21.2. The highest BCUT2D eigenvalue weighted by Crippen LogP contribution is 2.22. The maximum Gasteiger partial charge on any atom is 0.246 e. The highest BCUT2D eigenvalue weighted by Gasteiger charge is 2.33. The molecular weight excluding hydrogens is 393 g/mol. The normalized spacial score (nSPS) is 17.1. The van der Waals surface area contributed by atoms with Crippen LogP contribution in [0.1, 0.15) is 18.1 Å². The maximum absolute atomic E-state index is 13.9. The lowest BCUT2D eigenvalue weighted by Crippen LogP contribution is -2.54. The van der Waals surface area contributed by atoms with Crippen LogP contribution in [0.15, 0.2) is 47.4 Å². The van der Waals surface area contributed by atoms with Gasteiger partial charge < -0.3 is 5.32 Å². The molecule has 1 saturated heterocycles. The molecule has 8 heteroatoms. The molecule has 0 bridgehead atoms.